The minimum absolute atomic E-state index is 0.244. The second kappa shape index (κ2) is 5.64. The Balaban J connectivity index is 1.88. The van der Waals surface area contributed by atoms with E-state index in [-0.39, 0.29) is 17.3 Å². The number of ether oxygens (including phenoxy) is 1. The zero-order valence-corrected chi connectivity index (χ0v) is 12.6. The number of benzene rings is 1. The molecule has 122 valence electrons. The predicted molar refractivity (Wildman–Crippen MR) is 87.7 cm³/mol. The summed E-state index contributed by atoms with van der Waals surface area (Å²) in [6, 6.07) is 9.63. The molecule has 9 nitrogen and oxygen atoms in total. The Morgan fingerprint density at radius 3 is 2.68 bits per heavy atom. The molecular formula is C16H9N5O4. The smallest absolute Gasteiger partial charge is 0.396 e. The van der Waals surface area contributed by atoms with Gasteiger partial charge in [0.05, 0.1) is 16.0 Å². The Bertz CT molecular complexity index is 1190. The van der Waals surface area contributed by atoms with Crippen LogP contribution in [0.2, 0.25) is 0 Å². The van der Waals surface area contributed by atoms with Crippen LogP contribution >= 0.6 is 0 Å². The van der Waals surface area contributed by atoms with Gasteiger partial charge in [0.25, 0.3) is 0 Å². The monoisotopic (exact) mass is 335 g/mol. The van der Waals surface area contributed by atoms with Gasteiger partial charge in [-0.3, -0.25) is 29.3 Å². The van der Waals surface area contributed by atoms with E-state index >= 15 is 0 Å². The van der Waals surface area contributed by atoms with Crippen LogP contribution in [0.4, 0.5) is 5.69 Å². The van der Waals surface area contributed by atoms with Gasteiger partial charge in [-0.25, -0.2) is 0 Å². The first-order valence-corrected chi connectivity index (χ1v) is 7.18. The molecule has 9 heteroatoms. The molecule has 0 aliphatic rings. The number of hydrogen-bond acceptors (Lipinski definition) is 7. The average Bonchev–Trinajstić information content (AvgIpc) is 2.61. The van der Waals surface area contributed by atoms with Crippen molar-refractivity contribution in [3.63, 3.8) is 0 Å². The van der Waals surface area contributed by atoms with E-state index in [1.165, 1.54) is 12.4 Å². The van der Waals surface area contributed by atoms with E-state index in [9.17, 15) is 14.9 Å². The van der Waals surface area contributed by atoms with Crippen molar-refractivity contribution in [2.75, 3.05) is 0 Å². The molecule has 0 bridgehead atoms. The summed E-state index contributed by atoms with van der Waals surface area (Å²) in [5.74, 6) is -0.104. The van der Waals surface area contributed by atoms with Gasteiger partial charge in [-0.05, 0) is 24.3 Å². The third kappa shape index (κ3) is 2.53. The van der Waals surface area contributed by atoms with Crippen molar-refractivity contribution in [3.8, 4) is 11.6 Å². The number of pyridine rings is 1. The minimum Gasteiger partial charge on any atom is -0.433 e. The van der Waals surface area contributed by atoms with Gasteiger partial charge in [0.2, 0.25) is 0 Å². The van der Waals surface area contributed by atoms with Gasteiger partial charge in [-0.15, -0.1) is 0 Å². The molecule has 0 spiro atoms. The lowest BCUT2D eigenvalue weighted by molar-refractivity contribution is -0.387. The summed E-state index contributed by atoms with van der Waals surface area (Å²) >= 11 is 0. The van der Waals surface area contributed by atoms with Crippen LogP contribution in [0, 0.1) is 10.1 Å². The Morgan fingerprint density at radius 1 is 1.08 bits per heavy atom. The molecule has 25 heavy (non-hydrogen) atoms. The summed E-state index contributed by atoms with van der Waals surface area (Å²) in [5.41, 5.74) is -0.0983. The van der Waals surface area contributed by atoms with E-state index in [0.717, 1.165) is 4.40 Å². The number of fused-ring (bicyclic) bond motifs is 2. The van der Waals surface area contributed by atoms with Crippen molar-refractivity contribution < 1.29 is 9.66 Å². The maximum absolute atomic E-state index is 12.4. The maximum atomic E-state index is 12.4. The summed E-state index contributed by atoms with van der Waals surface area (Å²) < 4.78 is 6.63. The second-order valence-electron chi connectivity index (χ2n) is 5.07. The van der Waals surface area contributed by atoms with Crippen molar-refractivity contribution >= 4 is 22.4 Å². The SMILES string of the molecule is O=c1c([N+](=O)[O-])c(Oc2ccc3nccnc3c2)nc2ccccn12. The molecule has 3 aromatic heterocycles. The molecule has 1 aromatic carbocycles. The summed E-state index contributed by atoms with van der Waals surface area (Å²) in [6.07, 6.45) is 4.49. The third-order valence-corrected chi connectivity index (χ3v) is 3.52. The average molecular weight is 335 g/mol. The molecule has 4 rings (SSSR count). The number of hydrogen-bond donors (Lipinski definition) is 0. The number of rotatable bonds is 3. The molecule has 0 radical (unpaired) electrons. The number of aromatic nitrogens is 4. The van der Waals surface area contributed by atoms with Crippen molar-refractivity contribution in [3.05, 3.63) is 75.5 Å². The fourth-order valence-electron chi connectivity index (χ4n) is 2.41. The highest BCUT2D eigenvalue weighted by molar-refractivity contribution is 5.75. The zero-order chi connectivity index (χ0) is 17.4. The highest BCUT2D eigenvalue weighted by atomic mass is 16.6. The lowest BCUT2D eigenvalue weighted by atomic mass is 10.3. The predicted octanol–water partition coefficient (Wildman–Crippen LogP) is 2.34. The van der Waals surface area contributed by atoms with Crippen LogP contribution in [0.15, 0.2) is 59.8 Å². The summed E-state index contributed by atoms with van der Waals surface area (Å²) in [7, 11) is 0. The molecular weight excluding hydrogens is 326 g/mol. The van der Waals surface area contributed by atoms with Crippen LogP contribution in [-0.4, -0.2) is 24.3 Å². The largest absolute Gasteiger partial charge is 0.433 e. The van der Waals surface area contributed by atoms with Crippen LogP contribution in [0.1, 0.15) is 0 Å². The summed E-state index contributed by atoms with van der Waals surface area (Å²) in [5, 5.41) is 11.3. The first-order chi connectivity index (χ1) is 12.1. The molecule has 0 atom stereocenters. The van der Waals surface area contributed by atoms with Gasteiger partial charge in [0.15, 0.2) is 0 Å². The Hall–Kier alpha value is -3.88. The minimum atomic E-state index is -0.814. The van der Waals surface area contributed by atoms with E-state index in [1.807, 2.05) is 0 Å². The molecule has 0 unspecified atom stereocenters. The standard InChI is InChI=1S/C16H9N5O4/c22-16-14(21(23)24)15(19-13-3-1-2-8-20(13)16)25-10-4-5-11-12(9-10)18-7-6-17-11/h1-9H. The number of nitro groups is 1. The number of nitrogens with zero attached hydrogens (tertiary/aromatic N) is 5. The molecule has 4 aromatic rings. The van der Waals surface area contributed by atoms with Crippen molar-refractivity contribution in [1.82, 2.24) is 19.4 Å². The molecule has 0 fully saturated rings. The molecule has 0 N–H and O–H groups in total. The molecule has 3 heterocycles. The van der Waals surface area contributed by atoms with Crippen LogP contribution in [0.5, 0.6) is 11.6 Å². The van der Waals surface area contributed by atoms with Gasteiger partial charge >= 0.3 is 17.1 Å². The fourth-order valence-corrected chi connectivity index (χ4v) is 2.41. The highest BCUT2D eigenvalue weighted by Crippen LogP contribution is 2.28. The van der Waals surface area contributed by atoms with Gasteiger partial charge in [-0.2, -0.15) is 4.98 Å². The van der Waals surface area contributed by atoms with Crippen molar-refractivity contribution in [2.24, 2.45) is 0 Å². The summed E-state index contributed by atoms with van der Waals surface area (Å²) in [6.45, 7) is 0. The van der Waals surface area contributed by atoms with Crippen LogP contribution < -0.4 is 10.3 Å². The van der Waals surface area contributed by atoms with Gasteiger partial charge in [0.1, 0.15) is 11.4 Å². The lowest BCUT2D eigenvalue weighted by Crippen LogP contribution is -2.19. The van der Waals surface area contributed by atoms with E-state index in [4.69, 9.17) is 4.74 Å². The van der Waals surface area contributed by atoms with Crippen molar-refractivity contribution in [2.45, 2.75) is 0 Å². The van der Waals surface area contributed by atoms with Gasteiger partial charge < -0.3 is 4.74 Å². The van der Waals surface area contributed by atoms with Crippen molar-refractivity contribution in [1.29, 1.82) is 0 Å². The molecule has 0 aliphatic carbocycles. The first kappa shape index (κ1) is 14.7. The van der Waals surface area contributed by atoms with E-state index < -0.39 is 16.2 Å². The Labute approximate surface area is 139 Å². The quantitative estimate of drug-likeness (QED) is 0.417. The third-order valence-electron chi connectivity index (χ3n) is 3.52. The summed E-state index contributed by atoms with van der Waals surface area (Å²) in [4.78, 5) is 35.3. The van der Waals surface area contributed by atoms with Gasteiger partial charge in [-0.1, -0.05) is 6.07 Å². The Morgan fingerprint density at radius 2 is 1.88 bits per heavy atom. The molecule has 0 aliphatic heterocycles. The molecule has 0 amide bonds. The van der Waals surface area contributed by atoms with E-state index in [0.29, 0.717) is 11.0 Å². The van der Waals surface area contributed by atoms with Crippen LogP contribution in [0.3, 0.4) is 0 Å². The topological polar surface area (TPSA) is 113 Å². The van der Waals surface area contributed by atoms with Gasteiger partial charge in [0, 0.05) is 24.7 Å². The van der Waals surface area contributed by atoms with Crippen LogP contribution in [0.25, 0.3) is 16.7 Å². The highest BCUT2D eigenvalue weighted by Gasteiger charge is 2.25. The maximum Gasteiger partial charge on any atom is 0.396 e. The molecule has 0 saturated carbocycles. The van der Waals surface area contributed by atoms with Crippen LogP contribution in [-0.2, 0) is 0 Å². The fraction of sp³-hybridized carbons (Fsp3) is 0. The lowest BCUT2D eigenvalue weighted by Gasteiger charge is -2.07. The zero-order valence-electron chi connectivity index (χ0n) is 12.6. The first-order valence-electron chi connectivity index (χ1n) is 7.18. The molecule has 0 saturated heterocycles. The normalized spacial score (nSPS) is 10.9. The van der Waals surface area contributed by atoms with E-state index in [1.54, 1.807) is 42.6 Å². The van der Waals surface area contributed by atoms with E-state index in [2.05, 4.69) is 15.0 Å². The Kier molecular flexibility index (Phi) is 3.31. The second-order valence-corrected chi connectivity index (χ2v) is 5.07.